The van der Waals surface area contributed by atoms with Crippen molar-refractivity contribution in [3.05, 3.63) is 83.2 Å². The van der Waals surface area contributed by atoms with Gasteiger partial charge in [-0.05, 0) is 54.3 Å². The second-order valence-electron chi connectivity index (χ2n) is 8.82. The Morgan fingerprint density at radius 1 is 1.03 bits per heavy atom. The average Bonchev–Trinajstić information content (AvgIpc) is 2.91. The third-order valence-electron chi connectivity index (χ3n) is 5.95. The molecule has 1 heterocycles. The monoisotopic (exact) mass is 493 g/mol. The highest BCUT2D eigenvalue weighted by molar-refractivity contribution is 6.05. The van der Waals surface area contributed by atoms with Crippen molar-refractivity contribution in [2.75, 3.05) is 19.0 Å². The molecule has 0 spiro atoms. The van der Waals surface area contributed by atoms with Crippen LogP contribution in [0.1, 0.15) is 51.9 Å². The number of carbonyl (C=O) groups excluding carboxylic acids is 2. The van der Waals surface area contributed by atoms with Crippen LogP contribution in [0.25, 0.3) is 22.2 Å². The molecular weight excluding hydrogens is 466 g/mol. The van der Waals surface area contributed by atoms with Crippen molar-refractivity contribution in [2.24, 2.45) is 0 Å². The number of nitrogens with one attached hydrogen (secondary N) is 1. The number of nitrogens with zero attached hydrogens (tertiary/aromatic N) is 2. The van der Waals surface area contributed by atoms with E-state index in [0.717, 1.165) is 16.5 Å². The molecule has 7 heteroatoms. The summed E-state index contributed by atoms with van der Waals surface area (Å²) in [5.41, 5.74) is 4.78. The van der Waals surface area contributed by atoms with Gasteiger partial charge in [0.1, 0.15) is 12.4 Å². The second-order valence-corrected chi connectivity index (χ2v) is 8.82. The quantitative estimate of drug-likeness (QED) is 0.259. The minimum Gasteiger partial charge on any atom is -0.481 e. The zero-order valence-corrected chi connectivity index (χ0v) is 21.2. The van der Waals surface area contributed by atoms with Crippen molar-refractivity contribution >= 4 is 28.5 Å². The van der Waals surface area contributed by atoms with Gasteiger partial charge in [0.25, 0.3) is 5.91 Å². The van der Waals surface area contributed by atoms with E-state index in [4.69, 9.17) is 15.9 Å². The number of rotatable bonds is 7. The largest absolute Gasteiger partial charge is 0.481 e. The van der Waals surface area contributed by atoms with Gasteiger partial charge in [0.05, 0.1) is 23.9 Å². The van der Waals surface area contributed by atoms with Crippen molar-refractivity contribution in [1.82, 2.24) is 9.97 Å². The van der Waals surface area contributed by atoms with Gasteiger partial charge in [-0.2, -0.15) is 0 Å². The van der Waals surface area contributed by atoms with Crippen LogP contribution in [0.4, 0.5) is 5.69 Å². The van der Waals surface area contributed by atoms with E-state index in [0.29, 0.717) is 34.1 Å². The first-order valence-corrected chi connectivity index (χ1v) is 11.8. The van der Waals surface area contributed by atoms with Gasteiger partial charge in [-0.3, -0.25) is 4.79 Å². The number of methoxy groups -OCH3 is 1. The summed E-state index contributed by atoms with van der Waals surface area (Å²) in [4.78, 5) is 34.4. The van der Waals surface area contributed by atoms with Crippen LogP contribution in [0.15, 0.2) is 60.7 Å². The van der Waals surface area contributed by atoms with E-state index in [-0.39, 0.29) is 12.4 Å². The number of ether oxygens (including phenoxy) is 2. The molecule has 0 bridgehead atoms. The van der Waals surface area contributed by atoms with Crippen LogP contribution in [-0.4, -0.2) is 35.6 Å². The summed E-state index contributed by atoms with van der Waals surface area (Å²) >= 11 is 0. The second kappa shape index (κ2) is 10.9. The summed E-state index contributed by atoms with van der Waals surface area (Å²) in [5.74, 6) is 2.43. The van der Waals surface area contributed by atoms with Gasteiger partial charge in [-0.1, -0.05) is 50.1 Å². The highest BCUT2D eigenvalue weighted by Gasteiger charge is 2.18. The Morgan fingerprint density at radius 2 is 1.78 bits per heavy atom. The molecule has 4 aromatic rings. The third-order valence-corrected chi connectivity index (χ3v) is 5.95. The molecule has 7 nitrogen and oxygen atoms in total. The number of amides is 1. The van der Waals surface area contributed by atoms with Crippen molar-refractivity contribution in [1.29, 1.82) is 0 Å². The third kappa shape index (κ3) is 5.60. The molecule has 1 amide bonds. The predicted octanol–water partition coefficient (Wildman–Crippen LogP) is 5.78. The maximum Gasteiger partial charge on any atom is 0.337 e. The number of fused-ring (bicyclic) bond motifs is 1. The molecule has 186 valence electrons. The fourth-order valence-corrected chi connectivity index (χ4v) is 3.85. The van der Waals surface area contributed by atoms with Crippen LogP contribution in [0.2, 0.25) is 0 Å². The molecule has 37 heavy (non-hydrogen) atoms. The molecule has 0 unspecified atom stereocenters. The summed E-state index contributed by atoms with van der Waals surface area (Å²) < 4.78 is 10.4. The van der Waals surface area contributed by atoms with E-state index in [1.807, 2.05) is 37.3 Å². The van der Waals surface area contributed by atoms with Crippen molar-refractivity contribution in [2.45, 2.75) is 26.7 Å². The van der Waals surface area contributed by atoms with Gasteiger partial charge in [-0.15, -0.1) is 6.42 Å². The van der Waals surface area contributed by atoms with Crippen molar-refractivity contribution in [3.8, 4) is 29.4 Å². The standard InChI is InChI=1S/C30H27N3O4/c1-6-15-37-23-13-14-25-24(17-23)27(21-11-9-20(10-12-21)18(2)3)33-28(31-25)29(34)32-26-16-22(30(35)36-5)8-7-19(26)4/h1,7-14,16-18H,15H2,2-5H3,(H,32,34). The molecular formula is C30H27N3O4. The highest BCUT2D eigenvalue weighted by Crippen LogP contribution is 2.30. The summed E-state index contributed by atoms with van der Waals surface area (Å²) in [6, 6.07) is 18.4. The van der Waals surface area contributed by atoms with E-state index in [9.17, 15) is 9.59 Å². The van der Waals surface area contributed by atoms with Gasteiger partial charge in [0.15, 0.2) is 0 Å². The van der Waals surface area contributed by atoms with Gasteiger partial charge >= 0.3 is 5.97 Å². The topological polar surface area (TPSA) is 90.4 Å². The number of anilines is 1. The number of aryl methyl sites for hydroxylation is 1. The van der Waals surface area contributed by atoms with E-state index in [2.05, 4.69) is 35.1 Å². The number of terminal acetylenes is 1. The molecule has 1 aromatic heterocycles. The van der Waals surface area contributed by atoms with Gasteiger partial charge in [-0.25, -0.2) is 14.8 Å². The number of hydrogen-bond donors (Lipinski definition) is 1. The fraction of sp³-hybridized carbons (Fsp3) is 0.200. The minimum absolute atomic E-state index is 0.00407. The Morgan fingerprint density at radius 3 is 2.46 bits per heavy atom. The van der Waals surface area contributed by atoms with E-state index in [1.165, 1.54) is 12.7 Å². The van der Waals surface area contributed by atoms with Crippen LogP contribution < -0.4 is 10.1 Å². The minimum atomic E-state index is -0.500. The van der Waals surface area contributed by atoms with Gasteiger partial charge < -0.3 is 14.8 Å². The maximum atomic E-state index is 13.3. The van der Waals surface area contributed by atoms with Gasteiger partial charge in [0.2, 0.25) is 5.82 Å². The zero-order valence-electron chi connectivity index (χ0n) is 21.2. The van der Waals surface area contributed by atoms with Crippen LogP contribution in [-0.2, 0) is 4.74 Å². The number of benzene rings is 3. The Labute approximate surface area is 215 Å². The molecule has 0 fully saturated rings. The molecule has 0 aliphatic rings. The smallest absolute Gasteiger partial charge is 0.337 e. The Hall–Kier alpha value is -4.70. The lowest BCUT2D eigenvalue weighted by atomic mass is 9.99. The van der Waals surface area contributed by atoms with Gasteiger partial charge in [0, 0.05) is 16.6 Å². The molecule has 0 saturated carbocycles. The SMILES string of the molecule is C#CCOc1ccc2nc(C(=O)Nc3cc(C(=O)OC)ccc3C)nc(-c3ccc(C(C)C)cc3)c2c1. The van der Waals surface area contributed by atoms with E-state index in [1.54, 1.807) is 30.3 Å². The van der Waals surface area contributed by atoms with Crippen LogP contribution in [0.3, 0.4) is 0 Å². The van der Waals surface area contributed by atoms with Crippen molar-refractivity contribution in [3.63, 3.8) is 0 Å². The first kappa shape index (κ1) is 25.4. The molecule has 3 aromatic carbocycles. The number of aromatic nitrogens is 2. The summed E-state index contributed by atoms with van der Waals surface area (Å²) in [5, 5.41) is 3.56. The lowest BCUT2D eigenvalue weighted by Crippen LogP contribution is -2.17. The lowest BCUT2D eigenvalue weighted by molar-refractivity contribution is 0.0600. The first-order chi connectivity index (χ1) is 17.8. The number of carbonyl (C=O) groups is 2. The fourth-order valence-electron chi connectivity index (χ4n) is 3.85. The molecule has 1 N–H and O–H groups in total. The predicted molar refractivity (Wildman–Crippen MR) is 144 cm³/mol. The Balaban J connectivity index is 1.78. The highest BCUT2D eigenvalue weighted by atomic mass is 16.5. The molecule has 0 radical (unpaired) electrons. The van der Waals surface area contributed by atoms with E-state index < -0.39 is 11.9 Å². The van der Waals surface area contributed by atoms with Crippen molar-refractivity contribution < 1.29 is 19.1 Å². The molecule has 0 aliphatic heterocycles. The first-order valence-electron chi connectivity index (χ1n) is 11.8. The Bertz CT molecular complexity index is 1520. The number of esters is 1. The van der Waals surface area contributed by atoms with Crippen LogP contribution in [0.5, 0.6) is 5.75 Å². The lowest BCUT2D eigenvalue weighted by Gasteiger charge is -2.13. The number of hydrogen-bond acceptors (Lipinski definition) is 6. The summed E-state index contributed by atoms with van der Waals surface area (Å²) in [6.07, 6.45) is 5.34. The maximum absolute atomic E-state index is 13.3. The molecule has 0 saturated heterocycles. The molecule has 0 atom stereocenters. The normalized spacial score (nSPS) is 10.7. The van der Waals surface area contributed by atoms with E-state index >= 15 is 0 Å². The van der Waals surface area contributed by atoms with Crippen LogP contribution in [0, 0.1) is 19.3 Å². The zero-order chi connectivity index (χ0) is 26.5. The average molecular weight is 494 g/mol. The summed E-state index contributed by atoms with van der Waals surface area (Å²) in [6.45, 7) is 6.22. The molecule has 0 aliphatic carbocycles. The Kier molecular flexibility index (Phi) is 7.49. The van der Waals surface area contributed by atoms with Crippen LogP contribution >= 0.6 is 0 Å². The summed E-state index contributed by atoms with van der Waals surface area (Å²) in [7, 11) is 1.31. The molecule has 4 rings (SSSR count).